The van der Waals surface area contributed by atoms with Gasteiger partial charge in [-0.2, -0.15) is 0 Å². The normalized spacial score (nSPS) is 10.5. The van der Waals surface area contributed by atoms with E-state index in [0.717, 1.165) is 23.4 Å². The number of hydrogen-bond donors (Lipinski definition) is 2. The molecule has 0 aliphatic carbocycles. The summed E-state index contributed by atoms with van der Waals surface area (Å²) in [6, 6.07) is 21.6. The minimum atomic E-state index is -1.07. The molecule has 4 aromatic rings. The van der Waals surface area contributed by atoms with Crippen molar-refractivity contribution in [2.45, 2.75) is 6.92 Å². The van der Waals surface area contributed by atoms with Crippen molar-refractivity contribution >= 4 is 23.1 Å². The predicted octanol–water partition coefficient (Wildman–Crippen LogP) is 5.73. The number of amides is 1. The number of benzene rings is 3. The Morgan fingerprint density at radius 1 is 0.806 bits per heavy atom. The van der Waals surface area contributed by atoms with E-state index in [1.54, 1.807) is 18.2 Å². The molecule has 5 nitrogen and oxygen atoms in total. The monoisotopic (exact) mass is 416 g/mol. The van der Waals surface area contributed by atoms with E-state index in [2.05, 4.69) is 20.6 Å². The Hall–Kier alpha value is -4.13. The maximum Gasteiger partial charge on any atom is 0.255 e. The molecule has 0 fully saturated rings. The van der Waals surface area contributed by atoms with Gasteiger partial charge in [0.1, 0.15) is 11.6 Å². The maximum absolute atomic E-state index is 13.4. The molecule has 1 amide bonds. The summed E-state index contributed by atoms with van der Waals surface area (Å²) in [5.41, 5.74) is 2.98. The molecule has 0 atom stereocenters. The second kappa shape index (κ2) is 8.71. The zero-order valence-electron chi connectivity index (χ0n) is 16.6. The molecule has 0 spiro atoms. The van der Waals surface area contributed by atoms with Gasteiger partial charge in [0, 0.05) is 28.6 Å². The second-order valence-corrected chi connectivity index (χ2v) is 6.84. The van der Waals surface area contributed by atoms with Crippen molar-refractivity contribution < 1.29 is 13.6 Å². The lowest BCUT2D eigenvalue weighted by Crippen LogP contribution is -2.12. The molecule has 154 valence electrons. The van der Waals surface area contributed by atoms with Crippen LogP contribution in [0.1, 0.15) is 16.2 Å². The number of anilines is 3. The summed E-state index contributed by atoms with van der Waals surface area (Å²) < 4.78 is 26.5. The molecular formula is C24H18F2N4O. The number of halogens is 2. The quantitative estimate of drug-likeness (QED) is 0.436. The summed E-state index contributed by atoms with van der Waals surface area (Å²) in [6.45, 7) is 1.82. The summed E-state index contributed by atoms with van der Waals surface area (Å²) in [4.78, 5) is 21.3. The highest BCUT2D eigenvalue weighted by molar-refractivity contribution is 6.04. The average Bonchev–Trinajstić information content (AvgIpc) is 2.76. The molecule has 0 aliphatic heterocycles. The van der Waals surface area contributed by atoms with Crippen molar-refractivity contribution in [1.29, 1.82) is 0 Å². The molecule has 0 unspecified atom stereocenters. The van der Waals surface area contributed by atoms with Crippen LogP contribution in [0.3, 0.4) is 0 Å². The maximum atomic E-state index is 13.4. The van der Waals surface area contributed by atoms with E-state index in [9.17, 15) is 13.6 Å². The van der Waals surface area contributed by atoms with Crippen LogP contribution in [0.2, 0.25) is 0 Å². The topological polar surface area (TPSA) is 66.9 Å². The van der Waals surface area contributed by atoms with E-state index < -0.39 is 17.5 Å². The first kappa shape index (κ1) is 20.2. The number of aromatic nitrogens is 2. The van der Waals surface area contributed by atoms with Crippen molar-refractivity contribution in [2.75, 3.05) is 10.6 Å². The van der Waals surface area contributed by atoms with Gasteiger partial charge in [-0.25, -0.2) is 18.7 Å². The summed E-state index contributed by atoms with van der Waals surface area (Å²) in [5.74, 6) is -1.39. The Kier molecular flexibility index (Phi) is 5.66. The van der Waals surface area contributed by atoms with E-state index in [4.69, 9.17) is 0 Å². The number of nitrogens with one attached hydrogen (secondary N) is 2. The molecule has 1 aromatic heterocycles. The molecular weight excluding hydrogens is 398 g/mol. The number of carbonyl (C=O) groups excluding carboxylic acids is 1. The molecule has 0 saturated heterocycles. The molecule has 2 N–H and O–H groups in total. The van der Waals surface area contributed by atoms with Crippen molar-refractivity contribution in [3.8, 4) is 11.3 Å². The first-order valence-electron chi connectivity index (χ1n) is 9.52. The lowest BCUT2D eigenvalue weighted by molar-refractivity contribution is 0.102. The highest BCUT2D eigenvalue weighted by atomic mass is 19.2. The second-order valence-electron chi connectivity index (χ2n) is 6.84. The van der Waals surface area contributed by atoms with Crippen molar-refractivity contribution in [3.63, 3.8) is 0 Å². The molecule has 7 heteroatoms. The Morgan fingerprint density at radius 3 is 2.35 bits per heavy atom. The van der Waals surface area contributed by atoms with Gasteiger partial charge in [-0.3, -0.25) is 4.79 Å². The number of nitrogens with zero attached hydrogens (tertiary/aromatic N) is 2. The third kappa shape index (κ3) is 4.90. The van der Waals surface area contributed by atoms with Crippen LogP contribution < -0.4 is 10.6 Å². The fourth-order valence-corrected chi connectivity index (χ4v) is 3.05. The van der Waals surface area contributed by atoms with Crippen LogP contribution in [0, 0.1) is 18.6 Å². The minimum absolute atomic E-state index is 0.0243. The summed E-state index contributed by atoms with van der Waals surface area (Å²) in [5, 5.41) is 5.89. The number of hydrogen-bond acceptors (Lipinski definition) is 4. The van der Waals surface area contributed by atoms with Gasteiger partial charge in [-0.15, -0.1) is 0 Å². The molecule has 4 rings (SSSR count). The van der Waals surface area contributed by atoms with Crippen LogP contribution in [0.5, 0.6) is 0 Å². The van der Waals surface area contributed by atoms with Crippen LogP contribution in [0.25, 0.3) is 11.3 Å². The zero-order valence-corrected chi connectivity index (χ0v) is 16.6. The van der Waals surface area contributed by atoms with E-state index in [0.29, 0.717) is 23.0 Å². The van der Waals surface area contributed by atoms with Gasteiger partial charge in [0.05, 0.1) is 5.69 Å². The Bertz CT molecular complexity index is 1250. The first-order chi connectivity index (χ1) is 15.0. The van der Waals surface area contributed by atoms with E-state index >= 15 is 0 Å². The molecule has 3 aromatic carbocycles. The van der Waals surface area contributed by atoms with Gasteiger partial charge in [-0.1, -0.05) is 36.4 Å². The summed E-state index contributed by atoms with van der Waals surface area (Å²) in [6.07, 6.45) is 0. The van der Waals surface area contributed by atoms with Crippen LogP contribution in [-0.4, -0.2) is 15.9 Å². The summed E-state index contributed by atoms with van der Waals surface area (Å²) in [7, 11) is 0. The molecule has 0 radical (unpaired) electrons. The third-order valence-corrected chi connectivity index (χ3v) is 4.48. The van der Waals surface area contributed by atoms with E-state index in [-0.39, 0.29) is 5.56 Å². The molecule has 31 heavy (non-hydrogen) atoms. The SMILES string of the molecule is Cc1nc(Nc2cccc(NC(=O)c3ccc(F)c(F)c3)c2)cc(-c2ccccc2)n1. The fraction of sp³-hybridized carbons (Fsp3) is 0.0417. The Balaban J connectivity index is 1.53. The highest BCUT2D eigenvalue weighted by Crippen LogP contribution is 2.24. The van der Waals surface area contributed by atoms with E-state index in [1.807, 2.05) is 49.4 Å². The number of rotatable bonds is 5. The zero-order chi connectivity index (χ0) is 21.8. The number of aryl methyl sites for hydroxylation is 1. The Morgan fingerprint density at radius 2 is 1.58 bits per heavy atom. The van der Waals surface area contributed by atoms with Gasteiger partial charge in [0.15, 0.2) is 11.6 Å². The molecule has 0 bridgehead atoms. The van der Waals surface area contributed by atoms with Crippen molar-refractivity contribution in [3.05, 3.63) is 102 Å². The fourth-order valence-electron chi connectivity index (χ4n) is 3.05. The lowest BCUT2D eigenvalue weighted by atomic mass is 10.1. The Labute approximate surface area is 177 Å². The number of carbonyl (C=O) groups is 1. The standard InChI is InChI=1S/C24H18F2N4O/c1-15-27-22(16-6-3-2-4-7-16)14-23(28-15)29-18-8-5-9-19(13-18)30-24(31)17-10-11-20(25)21(26)12-17/h2-14H,1H3,(H,30,31)(H,27,28,29). The summed E-state index contributed by atoms with van der Waals surface area (Å²) >= 11 is 0. The predicted molar refractivity (Wildman–Crippen MR) is 116 cm³/mol. The van der Waals surface area contributed by atoms with E-state index in [1.165, 1.54) is 6.07 Å². The highest BCUT2D eigenvalue weighted by Gasteiger charge is 2.11. The molecule has 1 heterocycles. The van der Waals surface area contributed by atoms with Gasteiger partial charge >= 0.3 is 0 Å². The van der Waals surface area contributed by atoms with Gasteiger partial charge < -0.3 is 10.6 Å². The van der Waals surface area contributed by atoms with Crippen molar-refractivity contribution in [2.24, 2.45) is 0 Å². The van der Waals surface area contributed by atoms with Crippen LogP contribution in [0.15, 0.2) is 78.9 Å². The van der Waals surface area contributed by atoms with Crippen LogP contribution in [0.4, 0.5) is 26.0 Å². The molecule has 0 saturated carbocycles. The average molecular weight is 416 g/mol. The first-order valence-corrected chi connectivity index (χ1v) is 9.52. The van der Waals surface area contributed by atoms with Crippen molar-refractivity contribution in [1.82, 2.24) is 9.97 Å². The van der Waals surface area contributed by atoms with Crippen LogP contribution in [-0.2, 0) is 0 Å². The minimum Gasteiger partial charge on any atom is -0.340 e. The van der Waals surface area contributed by atoms with Crippen LogP contribution >= 0.6 is 0 Å². The largest absolute Gasteiger partial charge is 0.340 e. The smallest absolute Gasteiger partial charge is 0.255 e. The van der Waals surface area contributed by atoms with Gasteiger partial charge in [-0.05, 0) is 43.3 Å². The van der Waals surface area contributed by atoms with Gasteiger partial charge in [0.2, 0.25) is 0 Å². The van der Waals surface area contributed by atoms with Gasteiger partial charge in [0.25, 0.3) is 5.91 Å². The third-order valence-electron chi connectivity index (χ3n) is 4.48. The lowest BCUT2D eigenvalue weighted by Gasteiger charge is -2.11. The molecule has 0 aliphatic rings.